The van der Waals surface area contributed by atoms with Gasteiger partial charge in [-0.05, 0) is 49.9 Å². The Hall–Kier alpha value is -0.790. The molecule has 0 aromatic carbocycles. The van der Waals surface area contributed by atoms with E-state index in [4.69, 9.17) is 0 Å². The summed E-state index contributed by atoms with van der Waals surface area (Å²) in [6, 6.07) is 0. The molecule has 0 unspecified atom stereocenters. The van der Waals surface area contributed by atoms with Gasteiger partial charge >= 0.3 is 5.97 Å². The highest BCUT2D eigenvalue weighted by molar-refractivity contribution is 5.75. The van der Waals surface area contributed by atoms with Crippen LogP contribution in [0.15, 0.2) is 12.2 Å². The third kappa shape index (κ3) is 3.37. The summed E-state index contributed by atoms with van der Waals surface area (Å²) in [4.78, 5) is 11.6. The Balaban J connectivity index is 2.75. The number of carboxylic acids is 1. The van der Waals surface area contributed by atoms with Crippen molar-refractivity contribution in [2.45, 2.75) is 66.2 Å². The smallest absolute Gasteiger partial charge is 0.309 e. The fourth-order valence-electron chi connectivity index (χ4n) is 3.11. The van der Waals surface area contributed by atoms with Crippen LogP contribution in [0.5, 0.6) is 0 Å². The van der Waals surface area contributed by atoms with Gasteiger partial charge in [-0.25, -0.2) is 0 Å². The molecule has 0 spiro atoms. The molecule has 1 aliphatic rings. The molecule has 0 aromatic heterocycles. The summed E-state index contributed by atoms with van der Waals surface area (Å²) in [6.45, 7) is 12.8. The van der Waals surface area contributed by atoms with Gasteiger partial charge in [0.1, 0.15) is 0 Å². The van der Waals surface area contributed by atoms with Crippen molar-refractivity contribution in [3.05, 3.63) is 12.2 Å². The lowest BCUT2D eigenvalue weighted by Crippen LogP contribution is -2.38. The Morgan fingerprint density at radius 2 is 1.83 bits per heavy atom. The Bertz CT molecular complexity index is 314. The lowest BCUT2D eigenvalue weighted by molar-refractivity contribution is -0.152. The average molecular weight is 252 g/mol. The summed E-state index contributed by atoms with van der Waals surface area (Å²) < 4.78 is 0. The Labute approximate surface area is 111 Å². The van der Waals surface area contributed by atoms with Crippen molar-refractivity contribution in [3.8, 4) is 0 Å². The second-order valence-corrected chi connectivity index (χ2v) is 7.01. The standard InChI is InChI=1S/C16H28O2/c1-6-12(2)11-16(14(17)18)9-7-13(8-10-16)15(3,4)5/h13H,2,6-11H2,1,3-5H3,(H,17,18). The molecule has 0 bridgehead atoms. The number of hydrogen-bond acceptors (Lipinski definition) is 1. The molecule has 2 heteroatoms. The largest absolute Gasteiger partial charge is 0.481 e. The third-order valence-electron chi connectivity index (χ3n) is 4.71. The topological polar surface area (TPSA) is 37.3 Å². The van der Waals surface area contributed by atoms with Crippen molar-refractivity contribution in [1.82, 2.24) is 0 Å². The molecular formula is C16H28O2. The summed E-state index contributed by atoms with van der Waals surface area (Å²) in [7, 11) is 0. The minimum Gasteiger partial charge on any atom is -0.481 e. The normalized spacial score (nSPS) is 29.0. The van der Waals surface area contributed by atoms with Crippen LogP contribution in [0.25, 0.3) is 0 Å². The van der Waals surface area contributed by atoms with Crippen LogP contribution in [0.4, 0.5) is 0 Å². The van der Waals surface area contributed by atoms with Gasteiger partial charge in [-0.15, -0.1) is 0 Å². The van der Waals surface area contributed by atoms with Gasteiger partial charge < -0.3 is 5.11 Å². The van der Waals surface area contributed by atoms with Crippen LogP contribution in [0.3, 0.4) is 0 Å². The van der Waals surface area contributed by atoms with Gasteiger partial charge in [-0.3, -0.25) is 4.79 Å². The van der Waals surface area contributed by atoms with E-state index in [1.165, 1.54) is 0 Å². The quantitative estimate of drug-likeness (QED) is 0.739. The zero-order valence-electron chi connectivity index (χ0n) is 12.4. The number of carboxylic acid groups (broad SMARTS) is 1. The number of carbonyl (C=O) groups is 1. The summed E-state index contributed by atoms with van der Waals surface area (Å²) in [5.74, 6) is 0.0318. The fraction of sp³-hybridized carbons (Fsp3) is 0.812. The minimum atomic E-state index is -0.621. The number of hydrogen-bond donors (Lipinski definition) is 1. The highest BCUT2D eigenvalue weighted by Gasteiger charge is 2.43. The molecule has 0 saturated heterocycles. The molecule has 0 aliphatic heterocycles. The van der Waals surface area contributed by atoms with Gasteiger partial charge in [-0.1, -0.05) is 39.8 Å². The van der Waals surface area contributed by atoms with Crippen molar-refractivity contribution in [2.24, 2.45) is 16.7 Å². The van der Waals surface area contributed by atoms with E-state index in [9.17, 15) is 9.90 Å². The number of aliphatic carboxylic acids is 1. The Morgan fingerprint density at radius 3 is 2.17 bits per heavy atom. The van der Waals surface area contributed by atoms with E-state index in [0.717, 1.165) is 37.7 Å². The summed E-state index contributed by atoms with van der Waals surface area (Å²) >= 11 is 0. The molecule has 1 saturated carbocycles. The summed E-state index contributed by atoms with van der Waals surface area (Å²) in [5.41, 5.74) is 0.841. The van der Waals surface area contributed by atoms with Crippen molar-refractivity contribution >= 4 is 5.97 Å². The first-order valence-corrected chi connectivity index (χ1v) is 7.11. The van der Waals surface area contributed by atoms with Crippen LogP contribution in [0, 0.1) is 16.7 Å². The van der Waals surface area contributed by atoms with Crippen LogP contribution in [-0.4, -0.2) is 11.1 Å². The summed E-state index contributed by atoms with van der Waals surface area (Å²) in [6.07, 6.45) is 5.24. The maximum absolute atomic E-state index is 11.6. The molecule has 0 atom stereocenters. The maximum atomic E-state index is 11.6. The van der Waals surface area contributed by atoms with Gasteiger partial charge in [-0.2, -0.15) is 0 Å². The highest BCUT2D eigenvalue weighted by atomic mass is 16.4. The maximum Gasteiger partial charge on any atom is 0.309 e. The molecule has 1 aliphatic carbocycles. The molecule has 0 radical (unpaired) electrons. The Morgan fingerprint density at radius 1 is 1.33 bits per heavy atom. The SMILES string of the molecule is C=C(CC)CC1(C(=O)O)CCC(C(C)(C)C)CC1. The first-order valence-electron chi connectivity index (χ1n) is 7.11. The van der Waals surface area contributed by atoms with E-state index in [0.29, 0.717) is 17.8 Å². The lowest BCUT2D eigenvalue weighted by Gasteiger charge is -2.42. The van der Waals surface area contributed by atoms with Crippen molar-refractivity contribution < 1.29 is 9.90 Å². The van der Waals surface area contributed by atoms with Crippen molar-refractivity contribution in [3.63, 3.8) is 0 Å². The lowest BCUT2D eigenvalue weighted by atomic mass is 9.62. The minimum absolute atomic E-state index is 0.298. The van der Waals surface area contributed by atoms with Gasteiger partial charge in [0.2, 0.25) is 0 Å². The van der Waals surface area contributed by atoms with E-state index < -0.39 is 11.4 Å². The van der Waals surface area contributed by atoms with E-state index in [1.54, 1.807) is 0 Å². The van der Waals surface area contributed by atoms with Gasteiger partial charge in [0, 0.05) is 0 Å². The van der Waals surface area contributed by atoms with E-state index in [1.807, 2.05) is 0 Å². The van der Waals surface area contributed by atoms with Crippen LogP contribution in [0.2, 0.25) is 0 Å². The number of rotatable bonds is 4. The molecule has 1 rings (SSSR count). The highest BCUT2D eigenvalue weighted by Crippen LogP contribution is 2.48. The zero-order chi connectivity index (χ0) is 14.0. The fourth-order valence-corrected chi connectivity index (χ4v) is 3.11. The molecule has 18 heavy (non-hydrogen) atoms. The van der Waals surface area contributed by atoms with E-state index in [2.05, 4.69) is 34.3 Å². The first kappa shape index (κ1) is 15.3. The predicted molar refractivity (Wildman–Crippen MR) is 75.5 cm³/mol. The van der Waals surface area contributed by atoms with Crippen molar-refractivity contribution in [1.29, 1.82) is 0 Å². The molecular weight excluding hydrogens is 224 g/mol. The first-order chi connectivity index (χ1) is 8.21. The zero-order valence-corrected chi connectivity index (χ0v) is 12.4. The monoisotopic (exact) mass is 252 g/mol. The van der Waals surface area contributed by atoms with E-state index in [-0.39, 0.29) is 0 Å². The molecule has 0 aromatic rings. The second kappa shape index (κ2) is 5.46. The summed E-state index contributed by atoms with van der Waals surface area (Å²) in [5, 5.41) is 9.58. The van der Waals surface area contributed by atoms with Gasteiger partial charge in [0.25, 0.3) is 0 Å². The average Bonchev–Trinajstić information content (AvgIpc) is 2.28. The van der Waals surface area contributed by atoms with Crippen LogP contribution >= 0.6 is 0 Å². The van der Waals surface area contributed by atoms with Gasteiger partial charge in [0.05, 0.1) is 5.41 Å². The molecule has 1 N–H and O–H groups in total. The van der Waals surface area contributed by atoms with Crippen molar-refractivity contribution in [2.75, 3.05) is 0 Å². The molecule has 0 heterocycles. The predicted octanol–water partition coefficient (Wildman–Crippen LogP) is 4.65. The second-order valence-electron chi connectivity index (χ2n) is 7.01. The van der Waals surface area contributed by atoms with Crippen LogP contribution in [0.1, 0.15) is 66.2 Å². The molecule has 0 amide bonds. The molecule has 1 fully saturated rings. The van der Waals surface area contributed by atoms with Crippen LogP contribution in [-0.2, 0) is 4.79 Å². The van der Waals surface area contributed by atoms with Gasteiger partial charge in [0.15, 0.2) is 0 Å². The Kier molecular flexibility index (Phi) is 4.63. The molecule has 104 valence electrons. The third-order valence-corrected chi connectivity index (χ3v) is 4.71. The number of allylic oxidation sites excluding steroid dienone is 1. The molecule has 2 nitrogen and oxygen atoms in total. The van der Waals surface area contributed by atoms with E-state index >= 15 is 0 Å². The van der Waals surface area contributed by atoms with Crippen LogP contribution < -0.4 is 0 Å².